The Morgan fingerprint density at radius 3 is 2.65 bits per heavy atom. The predicted octanol–water partition coefficient (Wildman–Crippen LogP) is 1.47. The third-order valence-corrected chi connectivity index (χ3v) is 3.43. The number of nitrogens with zero attached hydrogens (tertiary/aromatic N) is 4. The van der Waals surface area contributed by atoms with Gasteiger partial charge in [-0.05, 0) is 29.8 Å². The highest BCUT2D eigenvalue weighted by Gasteiger charge is 2.10. The van der Waals surface area contributed by atoms with E-state index in [4.69, 9.17) is 4.52 Å². The predicted molar refractivity (Wildman–Crippen MR) is 65.2 cm³/mol. The minimum Gasteiger partial charge on any atom is -0.338 e. The number of aromatic nitrogens is 4. The van der Waals surface area contributed by atoms with Gasteiger partial charge < -0.3 is 9.84 Å². The largest absolute Gasteiger partial charge is 0.338 e. The molecule has 0 aliphatic rings. The average Bonchev–Trinajstić information content (AvgIpc) is 2.78. The minimum atomic E-state index is 0.553. The standard InChI is InChI=1S/C10H14BrN5O/c1-6-10(11)8(16(3)14-6)4-12-5-9-13-7(2)15-17-9/h12H,4-5H2,1-3H3. The molecule has 0 spiro atoms. The molecular formula is C10H14BrN5O. The fourth-order valence-electron chi connectivity index (χ4n) is 1.57. The van der Waals surface area contributed by atoms with Crippen LogP contribution in [0.1, 0.15) is 23.1 Å². The highest BCUT2D eigenvalue weighted by Crippen LogP contribution is 2.19. The van der Waals surface area contributed by atoms with Gasteiger partial charge in [-0.15, -0.1) is 0 Å². The Morgan fingerprint density at radius 2 is 2.12 bits per heavy atom. The van der Waals surface area contributed by atoms with E-state index in [1.54, 1.807) is 6.92 Å². The molecule has 17 heavy (non-hydrogen) atoms. The van der Waals surface area contributed by atoms with E-state index in [0.29, 0.717) is 24.8 Å². The summed E-state index contributed by atoms with van der Waals surface area (Å²) >= 11 is 3.52. The third-order valence-electron chi connectivity index (χ3n) is 2.40. The second kappa shape index (κ2) is 4.97. The van der Waals surface area contributed by atoms with Crippen LogP contribution in [-0.2, 0) is 20.1 Å². The van der Waals surface area contributed by atoms with Crippen LogP contribution in [0, 0.1) is 13.8 Å². The first-order valence-corrected chi connectivity index (χ1v) is 6.05. The van der Waals surface area contributed by atoms with Gasteiger partial charge in [0.05, 0.1) is 22.4 Å². The van der Waals surface area contributed by atoms with Crippen molar-refractivity contribution in [1.82, 2.24) is 25.2 Å². The maximum Gasteiger partial charge on any atom is 0.240 e. The normalized spacial score (nSPS) is 11.1. The molecule has 0 unspecified atom stereocenters. The van der Waals surface area contributed by atoms with E-state index in [-0.39, 0.29) is 0 Å². The lowest BCUT2D eigenvalue weighted by Crippen LogP contribution is -2.15. The van der Waals surface area contributed by atoms with Crippen LogP contribution in [0.3, 0.4) is 0 Å². The fourth-order valence-corrected chi connectivity index (χ4v) is 2.05. The number of hydrogen-bond acceptors (Lipinski definition) is 5. The first kappa shape index (κ1) is 12.3. The van der Waals surface area contributed by atoms with Crippen LogP contribution in [0.5, 0.6) is 0 Å². The molecule has 7 heteroatoms. The molecule has 2 rings (SSSR count). The van der Waals surface area contributed by atoms with Crippen molar-refractivity contribution in [2.24, 2.45) is 7.05 Å². The van der Waals surface area contributed by atoms with Gasteiger partial charge in [0.25, 0.3) is 0 Å². The fraction of sp³-hybridized carbons (Fsp3) is 0.500. The third kappa shape index (κ3) is 2.73. The van der Waals surface area contributed by atoms with Crippen molar-refractivity contribution in [3.05, 3.63) is 27.6 Å². The lowest BCUT2D eigenvalue weighted by Gasteiger charge is -2.03. The quantitative estimate of drug-likeness (QED) is 0.926. The Labute approximate surface area is 108 Å². The summed E-state index contributed by atoms with van der Waals surface area (Å²) in [6.07, 6.45) is 0. The zero-order valence-electron chi connectivity index (χ0n) is 9.99. The smallest absolute Gasteiger partial charge is 0.240 e. The van der Waals surface area contributed by atoms with E-state index in [2.05, 4.69) is 36.5 Å². The first-order chi connectivity index (χ1) is 8.08. The van der Waals surface area contributed by atoms with E-state index in [0.717, 1.165) is 15.9 Å². The van der Waals surface area contributed by atoms with Crippen LogP contribution in [0.15, 0.2) is 9.00 Å². The SMILES string of the molecule is Cc1noc(CNCc2c(Br)c(C)nn2C)n1. The number of aryl methyl sites for hydroxylation is 3. The Bertz CT molecular complexity index is 519. The number of hydrogen-bond donors (Lipinski definition) is 1. The maximum absolute atomic E-state index is 5.01. The highest BCUT2D eigenvalue weighted by molar-refractivity contribution is 9.10. The molecular weight excluding hydrogens is 286 g/mol. The van der Waals surface area contributed by atoms with Crippen molar-refractivity contribution in [3.8, 4) is 0 Å². The van der Waals surface area contributed by atoms with Crippen LogP contribution in [0.25, 0.3) is 0 Å². The molecule has 2 aromatic heterocycles. The van der Waals surface area contributed by atoms with E-state index < -0.39 is 0 Å². The number of nitrogens with one attached hydrogen (secondary N) is 1. The number of rotatable bonds is 4. The summed E-state index contributed by atoms with van der Waals surface area (Å²) in [5.41, 5.74) is 2.08. The van der Waals surface area contributed by atoms with Crippen LogP contribution < -0.4 is 5.32 Å². The van der Waals surface area contributed by atoms with E-state index in [1.807, 2.05) is 18.7 Å². The van der Waals surface area contributed by atoms with Crippen molar-refractivity contribution in [3.63, 3.8) is 0 Å². The second-order valence-electron chi connectivity index (χ2n) is 3.81. The molecule has 0 atom stereocenters. The van der Waals surface area contributed by atoms with Crippen LogP contribution >= 0.6 is 15.9 Å². The van der Waals surface area contributed by atoms with Crippen LogP contribution in [0.2, 0.25) is 0 Å². The molecule has 6 nitrogen and oxygen atoms in total. The van der Waals surface area contributed by atoms with Crippen molar-refractivity contribution in [1.29, 1.82) is 0 Å². The lowest BCUT2D eigenvalue weighted by atomic mass is 10.3. The van der Waals surface area contributed by atoms with Gasteiger partial charge in [-0.1, -0.05) is 5.16 Å². The van der Waals surface area contributed by atoms with Gasteiger partial charge in [0.1, 0.15) is 0 Å². The van der Waals surface area contributed by atoms with Gasteiger partial charge in [-0.25, -0.2) is 0 Å². The molecule has 0 saturated heterocycles. The number of halogens is 1. The minimum absolute atomic E-state index is 0.553. The summed E-state index contributed by atoms with van der Waals surface area (Å²) in [7, 11) is 1.92. The van der Waals surface area contributed by atoms with Crippen LogP contribution in [0.4, 0.5) is 0 Å². The topological polar surface area (TPSA) is 68.8 Å². The molecule has 0 amide bonds. The Hall–Kier alpha value is -1.21. The van der Waals surface area contributed by atoms with Gasteiger partial charge in [0.2, 0.25) is 5.89 Å². The molecule has 0 fully saturated rings. The summed E-state index contributed by atoms with van der Waals surface area (Å²) in [4.78, 5) is 4.12. The van der Waals surface area contributed by atoms with E-state index in [9.17, 15) is 0 Å². The summed E-state index contributed by atoms with van der Waals surface area (Å²) in [5.74, 6) is 1.25. The molecule has 1 N–H and O–H groups in total. The van der Waals surface area contributed by atoms with Gasteiger partial charge >= 0.3 is 0 Å². The van der Waals surface area contributed by atoms with Gasteiger partial charge in [0.15, 0.2) is 5.82 Å². The molecule has 0 aromatic carbocycles. The summed E-state index contributed by atoms with van der Waals surface area (Å²) < 4.78 is 7.90. The lowest BCUT2D eigenvalue weighted by molar-refractivity contribution is 0.363. The van der Waals surface area contributed by atoms with E-state index in [1.165, 1.54) is 0 Å². The Kier molecular flexibility index (Phi) is 3.58. The van der Waals surface area contributed by atoms with Crippen molar-refractivity contribution < 1.29 is 4.52 Å². The summed E-state index contributed by atoms with van der Waals surface area (Å²) in [5, 5.41) is 11.3. The average molecular weight is 300 g/mol. The molecule has 0 radical (unpaired) electrons. The monoisotopic (exact) mass is 299 g/mol. The molecule has 0 bridgehead atoms. The molecule has 0 aliphatic heterocycles. The molecule has 0 aliphatic carbocycles. The van der Waals surface area contributed by atoms with Crippen molar-refractivity contribution in [2.75, 3.05) is 0 Å². The summed E-state index contributed by atoms with van der Waals surface area (Å²) in [6, 6.07) is 0. The zero-order valence-corrected chi connectivity index (χ0v) is 11.6. The first-order valence-electron chi connectivity index (χ1n) is 5.26. The Morgan fingerprint density at radius 1 is 1.35 bits per heavy atom. The molecule has 2 aromatic rings. The highest BCUT2D eigenvalue weighted by atomic mass is 79.9. The van der Waals surface area contributed by atoms with Crippen molar-refractivity contribution in [2.45, 2.75) is 26.9 Å². The van der Waals surface area contributed by atoms with Crippen molar-refractivity contribution >= 4 is 15.9 Å². The summed E-state index contributed by atoms with van der Waals surface area (Å²) in [6.45, 7) is 5.01. The molecule has 2 heterocycles. The molecule has 0 saturated carbocycles. The van der Waals surface area contributed by atoms with Gasteiger partial charge in [0, 0.05) is 13.6 Å². The maximum atomic E-state index is 5.01. The van der Waals surface area contributed by atoms with E-state index >= 15 is 0 Å². The second-order valence-corrected chi connectivity index (χ2v) is 4.60. The Balaban J connectivity index is 1.94. The molecule has 92 valence electrons. The van der Waals surface area contributed by atoms with Gasteiger partial charge in [-0.3, -0.25) is 4.68 Å². The van der Waals surface area contributed by atoms with Crippen LogP contribution in [-0.4, -0.2) is 19.9 Å². The zero-order chi connectivity index (χ0) is 12.4. The van der Waals surface area contributed by atoms with Gasteiger partial charge in [-0.2, -0.15) is 10.1 Å².